The summed E-state index contributed by atoms with van der Waals surface area (Å²) in [6.07, 6.45) is 16.7. The third-order valence-corrected chi connectivity index (χ3v) is 8.80. The average Bonchev–Trinajstić information content (AvgIpc) is 2.68. The highest BCUT2D eigenvalue weighted by atomic mass is 14.5. The van der Waals surface area contributed by atoms with Gasteiger partial charge in [0.2, 0.25) is 0 Å². The summed E-state index contributed by atoms with van der Waals surface area (Å²) in [5.41, 5.74) is 14.1. The van der Waals surface area contributed by atoms with E-state index in [9.17, 15) is 0 Å². The normalized spacial score (nSPS) is 23.6. The first-order valence-electron chi connectivity index (χ1n) is 11.9. The molecule has 0 atom stereocenters. The van der Waals surface area contributed by atoms with Crippen molar-refractivity contribution in [3.63, 3.8) is 0 Å². The minimum atomic E-state index is 0.420. The first kappa shape index (κ1) is 17.3. The Bertz CT molecular complexity index is 869. The molecule has 146 valence electrons. The van der Waals surface area contributed by atoms with E-state index in [0.717, 1.165) is 0 Å². The van der Waals surface area contributed by atoms with Crippen LogP contribution in [-0.4, -0.2) is 0 Å². The van der Waals surface area contributed by atoms with E-state index in [1.807, 2.05) is 0 Å². The molecule has 0 bridgehead atoms. The van der Waals surface area contributed by atoms with Crippen molar-refractivity contribution in [2.24, 2.45) is 0 Å². The number of rotatable bonds is 0. The van der Waals surface area contributed by atoms with Crippen molar-refractivity contribution in [1.82, 2.24) is 0 Å². The Balaban J connectivity index is 1.66. The van der Waals surface area contributed by atoms with Crippen molar-refractivity contribution in [2.45, 2.75) is 102 Å². The fourth-order valence-corrected chi connectivity index (χ4v) is 7.70. The van der Waals surface area contributed by atoms with Crippen LogP contribution in [0.25, 0.3) is 11.1 Å². The standard InChI is InChI=1S/C28H34/c1-19-13-21-17-28(11-7-4-8-12-28)24-16-20(2)14-22-18-27(9-5-3-6-10-27)23(15-19)25(21)26(22)24/h13-16H,3-12,17-18H2,1-2H3. The number of fused-ring (bicyclic) bond motifs is 2. The highest BCUT2D eigenvalue weighted by molar-refractivity contribution is 5.84. The highest BCUT2D eigenvalue weighted by Gasteiger charge is 2.47. The van der Waals surface area contributed by atoms with Gasteiger partial charge >= 0.3 is 0 Å². The van der Waals surface area contributed by atoms with Gasteiger partial charge in [-0.2, -0.15) is 0 Å². The first-order chi connectivity index (χ1) is 13.6. The van der Waals surface area contributed by atoms with Crippen molar-refractivity contribution in [2.75, 3.05) is 0 Å². The molecule has 28 heavy (non-hydrogen) atoms. The fraction of sp³-hybridized carbons (Fsp3) is 0.571. The first-order valence-corrected chi connectivity index (χ1v) is 11.9. The summed E-state index contributed by atoms with van der Waals surface area (Å²) in [7, 11) is 0. The molecule has 2 aromatic carbocycles. The van der Waals surface area contributed by atoms with Crippen LogP contribution in [0.4, 0.5) is 0 Å². The molecule has 0 aromatic heterocycles. The van der Waals surface area contributed by atoms with Gasteiger partial charge in [0.25, 0.3) is 0 Å². The Morgan fingerprint density at radius 1 is 0.536 bits per heavy atom. The molecule has 2 aromatic rings. The van der Waals surface area contributed by atoms with Crippen LogP contribution in [0.15, 0.2) is 24.3 Å². The van der Waals surface area contributed by atoms with Crippen molar-refractivity contribution in [3.8, 4) is 11.1 Å². The Hall–Kier alpha value is -1.56. The van der Waals surface area contributed by atoms with E-state index < -0.39 is 0 Å². The van der Waals surface area contributed by atoms with Gasteiger partial charge in [-0.3, -0.25) is 0 Å². The Kier molecular flexibility index (Phi) is 3.69. The van der Waals surface area contributed by atoms with Gasteiger partial charge in [-0.1, -0.05) is 73.9 Å². The maximum atomic E-state index is 2.59. The third kappa shape index (κ3) is 2.30. The van der Waals surface area contributed by atoms with Gasteiger partial charge in [-0.25, -0.2) is 0 Å². The average molecular weight is 371 g/mol. The molecule has 0 heterocycles. The molecule has 2 fully saturated rings. The van der Waals surface area contributed by atoms with E-state index in [1.54, 1.807) is 33.4 Å². The van der Waals surface area contributed by atoms with Gasteiger partial charge in [-0.15, -0.1) is 0 Å². The van der Waals surface area contributed by atoms with Crippen molar-refractivity contribution >= 4 is 0 Å². The van der Waals surface area contributed by atoms with Crippen LogP contribution in [0.5, 0.6) is 0 Å². The van der Waals surface area contributed by atoms with Crippen molar-refractivity contribution in [1.29, 1.82) is 0 Å². The SMILES string of the molecule is Cc1cc2c3c(c1)C1(CCCCC1)Cc1cc(C)cc(c1-3)C1(CCCCC1)C2. The van der Waals surface area contributed by atoms with Gasteiger partial charge < -0.3 is 0 Å². The number of hydrogen-bond donors (Lipinski definition) is 0. The van der Waals surface area contributed by atoms with Crippen LogP contribution in [-0.2, 0) is 23.7 Å². The van der Waals surface area contributed by atoms with E-state index in [1.165, 1.54) is 88.2 Å². The summed E-state index contributed by atoms with van der Waals surface area (Å²) >= 11 is 0. The third-order valence-electron chi connectivity index (χ3n) is 8.80. The molecule has 0 aliphatic heterocycles. The summed E-state index contributed by atoms with van der Waals surface area (Å²) in [6.45, 7) is 4.70. The lowest BCUT2D eigenvalue weighted by Gasteiger charge is -2.50. The van der Waals surface area contributed by atoms with Crippen LogP contribution in [0.3, 0.4) is 0 Å². The number of aryl methyl sites for hydroxylation is 2. The van der Waals surface area contributed by atoms with E-state index in [4.69, 9.17) is 0 Å². The predicted molar refractivity (Wildman–Crippen MR) is 118 cm³/mol. The molecule has 0 nitrogen and oxygen atoms in total. The summed E-state index contributed by atoms with van der Waals surface area (Å²) in [5, 5.41) is 0. The van der Waals surface area contributed by atoms with Gasteiger partial charge in [0.05, 0.1) is 0 Å². The van der Waals surface area contributed by atoms with Gasteiger partial charge in [0.1, 0.15) is 0 Å². The Morgan fingerprint density at radius 2 is 0.929 bits per heavy atom. The van der Waals surface area contributed by atoms with Gasteiger partial charge in [-0.05, 0) is 96.6 Å². The molecule has 0 heteroatoms. The lowest BCUT2D eigenvalue weighted by Crippen LogP contribution is -2.40. The van der Waals surface area contributed by atoms with E-state index in [2.05, 4.69) is 38.1 Å². The molecule has 6 rings (SSSR count). The molecular formula is C28H34. The van der Waals surface area contributed by atoms with Crippen LogP contribution < -0.4 is 0 Å². The lowest BCUT2D eigenvalue weighted by molar-refractivity contribution is 0.275. The zero-order valence-electron chi connectivity index (χ0n) is 17.8. The van der Waals surface area contributed by atoms with Gasteiger partial charge in [0.15, 0.2) is 0 Å². The summed E-state index contributed by atoms with van der Waals surface area (Å²) < 4.78 is 0. The summed E-state index contributed by atoms with van der Waals surface area (Å²) in [4.78, 5) is 0. The van der Waals surface area contributed by atoms with Crippen LogP contribution in [0.1, 0.15) is 97.6 Å². The Labute approximate surface area is 170 Å². The largest absolute Gasteiger partial charge is 0.0554 e. The molecule has 0 radical (unpaired) electrons. The van der Waals surface area contributed by atoms with E-state index >= 15 is 0 Å². The van der Waals surface area contributed by atoms with E-state index in [0.29, 0.717) is 10.8 Å². The molecule has 4 aliphatic rings. The van der Waals surface area contributed by atoms with Crippen LogP contribution >= 0.6 is 0 Å². The molecule has 2 spiro atoms. The molecule has 0 amide bonds. The predicted octanol–water partition coefficient (Wildman–Crippen LogP) is 7.49. The lowest BCUT2D eigenvalue weighted by atomic mass is 9.54. The number of benzene rings is 2. The molecule has 4 aliphatic carbocycles. The fourth-order valence-electron chi connectivity index (χ4n) is 7.70. The quantitative estimate of drug-likeness (QED) is 0.451. The molecule has 0 unspecified atom stereocenters. The Morgan fingerprint density at radius 3 is 1.32 bits per heavy atom. The van der Waals surface area contributed by atoms with Crippen LogP contribution in [0.2, 0.25) is 0 Å². The summed E-state index contributed by atoms with van der Waals surface area (Å²) in [5.74, 6) is 0. The summed E-state index contributed by atoms with van der Waals surface area (Å²) in [6, 6.07) is 10.3. The zero-order valence-corrected chi connectivity index (χ0v) is 17.8. The zero-order chi connectivity index (χ0) is 18.9. The van der Waals surface area contributed by atoms with Crippen molar-refractivity contribution < 1.29 is 0 Å². The van der Waals surface area contributed by atoms with Crippen LogP contribution in [0, 0.1) is 13.8 Å². The molecule has 0 N–H and O–H groups in total. The second-order valence-electron chi connectivity index (χ2n) is 10.7. The topological polar surface area (TPSA) is 0 Å². The number of hydrogen-bond acceptors (Lipinski definition) is 0. The monoisotopic (exact) mass is 370 g/mol. The minimum absolute atomic E-state index is 0.420. The minimum Gasteiger partial charge on any atom is -0.0554 e. The maximum absolute atomic E-state index is 2.59. The maximum Gasteiger partial charge on any atom is -0.00000793 e. The van der Waals surface area contributed by atoms with Crippen molar-refractivity contribution in [3.05, 3.63) is 57.6 Å². The molecule has 2 saturated carbocycles. The molecular weight excluding hydrogens is 336 g/mol. The highest BCUT2D eigenvalue weighted by Crippen LogP contribution is 2.59. The van der Waals surface area contributed by atoms with Gasteiger partial charge in [0, 0.05) is 0 Å². The van der Waals surface area contributed by atoms with E-state index in [-0.39, 0.29) is 0 Å². The second kappa shape index (κ2) is 5.97. The molecule has 0 saturated heterocycles. The second-order valence-corrected chi connectivity index (χ2v) is 10.7. The smallest absolute Gasteiger partial charge is 0.00000793 e.